The van der Waals surface area contributed by atoms with E-state index in [1.54, 1.807) is 18.2 Å². The van der Waals surface area contributed by atoms with Gasteiger partial charge >= 0.3 is 5.97 Å². The van der Waals surface area contributed by atoms with E-state index in [9.17, 15) is 4.79 Å². The third-order valence-electron chi connectivity index (χ3n) is 1.70. The molecule has 4 heteroatoms. The molecule has 0 aliphatic heterocycles. The van der Waals surface area contributed by atoms with Crippen LogP contribution in [0.4, 0.5) is 5.69 Å². The lowest BCUT2D eigenvalue weighted by Crippen LogP contribution is -2.09. The summed E-state index contributed by atoms with van der Waals surface area (Å²) in [6, 6.07) is 5.14. The molecule has 3 nitrogen and oxygen atoms in total. The molecule has 0 unspecified atom stereocenters. The minimum absolute atomic E-state index is 0.283. The van der Waals surface area contributed by atoms with Crippen molar-refractivity contribution >= 4 is 27.6 Å². The van der Waals surface area contributed by atoms with Gasteiger partial charge in [-0.15, -0.1) is 0 Å². The summed E-state index contributed by atoms with van der Waals surface area (Å²) in [5.74, 6) is -0.919. The van der Waals surface area contributed by atoms with Crippen LogP contribution in [0, 0.1) is 0 Å². The smallest absolute Gasteiger partial charge is 0.336 e. The molecule has 0 atom stereocenters. The van der Waals surface area contributed by atoms with Gasteiger partial charge in [-0.1, -0.05) is 0 Å². The van der Waals surface area contributed by atoms with Gasteiger partial charge in [0.15, 0.2) is 0 Å². The van der Waals surface area contributed by atoms with E-state index in [0.717, 1.165) is 5.69 Å². The Bertz CT molecular complexity index is 336. The van der Waals surface area contributed by atoms with Crippen molar-refractivity contribution in [1.82, 2.24) is 0 Å². The number of carbonyl (C=O) groups is 1. The van der Waals surface area contributed by atoms with Crippen LogP contribution in [0.25, 0.3) is 0 Å². The Morgan fingerprint density at radius 3 is 2.46 bits per heavy atom. The fraction of sp³-hybridized carbons (Fsp3) is 0.222. The predicted molar refractivity (Wildman–Crippen MR) is 55.4 cm³/mol. The molecule has 70 valence electrons. The highest BCUT2D eigenvalue weighted by Gasteiger charge is 2.08. The van der Waals surface area contributed by atoms with Gasteiger partial charge < -0.3 is 10.0 Å². The van der Waals surface area contributed by atoms with Crippen molar-refractivity contribution in [3.05, 3.63) is 28.2 Å². The molecule has 0 saturated carbocycles. The summed E-state index contributed by atoms with van der Waals surface area (Å²) in [4.78, 5) is 12.6. The molecule has 0 heterocycles. The van der Waals surface area contributed by atoms with Gasteiger partial charge in [0, 0.05) is 24.3 Å². The van der Waals surface area contributed by atoms with Gasteiger partial charge in [-0.25, -0.2) is 4.79 Å². The fourth-order valence-corrected chi connectivity index (χ4v) is 1.49. The molecule has 0 aromatic heterocycles. The zero-order valence-corrected chi connectivity index (χ0v) is 9.00. The Hall–Kier alpha value is -1.03. The first-order valence-corrected chi connectivity index (χ1v) is 4.52. The molecule has 0 spiro atoms. The van der Waals surface area contributed by atoms with Gasteiger partial charge in [0.25, 0.3) is 0 Å². The lowest BCUT2D eigenvalue weighted by Gasteiger charge is -2.13. The molecular weight excluding hydrogens is 234 g/mol. The second-order valence-electron chi connectivity index (χ2n) is 2.86. The van der Waals surface area contributed by atoms with Crippen LogP contribution in [0.15, 0.2) is 22.7 Å². The van der Waals surface area contributed by atoms with Crippen molar-refractivity contribution in [1.29, 1.82) is 0 Å². The first-order valence-electron chi connectivity index (χ1n) is 3.72. The highest BCUT2D eigenvalue weighted by atomic mass is 79.9. The van der Waals surface area contributed by atoms with E-state index >= 15 is 0 Å². The van der Waals surface area contributed by atoms with E-state index in [-0.39, 0.29) is 5.56 Å². The zero-order valence-electron chi connectivity index (χ0n) is 7.41. The zero-order chi connectivity index (χ0) is 10.0. The Labute approximate surface area is 85.1 Å². The summed E-state index contributed by atoms with van der Waals surface area (Å²) in [5.41, 5.74) is 1.25. The molecule has 0 radical (unpaired) electrons. The van der Waals surface area contributed by atoms with E-state index in [2.05, 4.69) is 15.9 Å². The Balaban J connectivity index is 3.13. The molecule has 0 amide bonds. The SMILES string of the molecule is CN(C)c1ccc(C(=O)O)c(Br)c1. The summed E-state index contributed by atoms with van der Waals surface area (Å²) < 4.78 is 0.603. The fourth-order valence-electron chi connectivity index (χ4n) is 0.956. The van der Waals surface area contributed by atoms with Crippen LogP contribution < -0.4 is 4.90 Å². The van der Waals surface area contributed by atoms with Crippen LogP contribution in [0.3, 0.4) is 0 Å². The lowest BCUT2D eigenvalue weighted by atomic mass is 10.2. The number of carboxylic acid groups (broad SMARTS) is 1. The summed E-state index contributed by atoms with van der Waals surface area (Å²) in [7, 11) is 3.81. The van der Waals surface area contributed by atoms with Crippen LogP contribution in [0.2, 0.25) is 0 Å². The number of anilines is 1. The van der Waals surface area contributed by atoms with E-state index in [1.807, 2.05) is 19.0 Å². The van der Waals surface area contributed by atoms with E-state index < -0.39 is 5.97 Å². The molecule has 0 bridgehead atoms. The van der Waals surface area contributed by atoms with Crippen LogP contribution in [-0.4, -0.2) is 25.2 Å². The largest absolute Gasteiger partial charge is 0.478 e. The number of carboxylic acids is 1. The maximum atomic E-state index is 10.7. The number of benzene rings is 1. The first-order chi connectivity index (χ1) is 6.02. The van der Waals surface area contributed by atoms with Gasteiger partial charge in [0.05, 0.1) is 5.56 Å². The Morgan fingerprint density at radius 1 is 1.46 bits per heavy atom. The van der Waals surface area contributed by atoms with Crippen LogP contribution in [0.1, 0.15) is 10.4 Å². The average Bonchev–Trinajstić information content (AvgIpc) is 2.03. The molecule has 1 rings (SSSR count). The van der Waals surface area contributed by atoms with Crippen molar-refractivity contribution in [2.24, 2.45) is 0 Å². The maximum absolute atomic E-state index is 10.7. The molecule has 13 heavy (non-hydrogen) atoms. The van der Waals surface area contributed by atoms with E-state index in [4.69, 9.17) is 5.11 Å². The maximum Gasteiger partial charge on any atom is 0.336 e. The average molecular weight is 244 g/mol. The summed E-state index contributed by atoms with van der Waals surface area (Å²) in [6.45, 7) is 0. The topological polar surface area (TPSA) is 40.5 Å². The highest BCUT2D eigenvalue weighted by Crippen LogP contribution is 2.22. The van der Waals surface area contributed by atoms with Crippen molar-refractivity contribution in [2.75, 3.05) is 19.0 Å². The van der Waals surface area contributed by atoms with Crippen molar-refractivity contribution in [3.63, 3.8) is 0 Å². The molecular formula is C9H10BrNO2. The molecule has 0 fully saturated rings. The third-order valence-corrected chi connectivity index (χ3v) is 2.36. The summed E-state index contributed by atoms with van der Waals surface area (Å²) >= 11 is 3.21. The number of nitrogens with zero attached hydrogens (tertiary/aromatic N) is 1. The summed E-state index contributed by atoms with van der Waals surface area (Å²) in [6.07, 6.45) is 0. The highest BCUT2D eigenvalue weighted by molar-refractivity contribution is 9.10. The van der Waals surface area contributed by atoms with Gasteiger partial charge in [0.1, 0.15) is 0 Å². The van der Waals surface area contributed by atoms with Crippen molar-refractivity contribution < 1.29 is 9.90 Å². The second-order valence-corrected chi connectivity index (χ2v) is 3.72. The van der Waals surface area contributed by atoms with Crippen LogP contribution >= 0.6 is 15.9 Å². The van der Waals surface area contributed by atoms with Crippen molar-refractivity contribution in [3.8, 4) is 0 Å². The molecule has 0 aliphatic carbocycles. The number of rotatable bonds is 2. The second kappa shape index (κ2) is 3.79. The minimum Gasteiger partial charge on any atom is -0.478 e. The van der Waals surface area contributed by atoms with Gasteiger partial charge in [-0.3, -0.25) is 0 Å². The minimum atomic E-state index is -0.919. The molecule has 0 aliphatic rings. The molecule has 0 saturated heterocycles. The van der Waals surface area contributed by atoms with Gasteiger partial charge in [-0.2, -0.15) is 0 Å². The van der Waals surface area contributed by atoms with Crippen LogP contribution in [-0.2, 0) is 0 Å². The van der Waals surface area contributed by atoms with Crippen molar-refractivity contribution in [2.45, 2.75) is 0 Å². The number of hydrogen-bond acceptors (Lipinski definition) is 2. The first kappa shape index (κ1) is 10.1. The molecule has 1 aromatic carbocycles. The molecule has 1 aromatic rings. The number of aromatic carboxylic acids is 1. The lowest BCUT2D eigenvalue weighted by molar-refractivity contribution is 0.0696. The normalized spacial score (nSPS) is 9.77. The van der Waals surface area contributed by atoms with Gasteiger partial charge in [0.2, 0.25) is 0 Å². The Morgan fingerprint density at radius 2 is 2.08 bits per heavy atom. The van der Waals surface area contributed by atoms with E-state index in [1.165, 1.54) is 0 Å². The monoisotopic (exact) mass is 243 g/mol. The predicted octanol–water partition coefficient (Wildman–Crippen LogP) is 2.21. The van der Waals surface area contributed by atoms with Gasteiger partial charge in [-0.05, 0) is 34.1 Å². The standard InChI is InChI=1S/C9H10BrNO2/c1-11(2)6-3-4-7(9(12)13)8(10)5-6/h3-5H,1-2H3,(H,12,13). The quantitative estimate of drug-likeness (QED) is 0.867. The Kier molecular flexibility index (Phi) is 2.93. The van der Waals surface area contributed by atoms with Crippen LogP contribution in [0.5, 0.6) is 0 Å². The van der Waals surface area contributed by atoms with E-state index in [0.29, 0.717) is 4.47 Å². The third kappa shape index (κ3) is 2.21. The summed E-state index contributed by atoms with van der Waals surface area (Å²) in [5, 5.41) is 8.75. The molecule has 1 N–H and O–H groups in total. The number of hydrogen-bond donors (Lipinski definition) is 1. The number of halogens is 1.